The molecule has 0 radical (unpaired) electrons. The molecule has 0 rings (SSSR count). The molecule has 4 nitrogen and oxygen atoms in total. The van der Waals surface area contributed by atoms with Gasteiger partial charge in [-0.3, -0.25) is 4.79 Å². The fourth-order valence-corrected chi connectivity index (χ4v) is 1.39. The van der Waals surface area contributed by atoms with Crippen molar-refractivity contribution in [3.63, 3.8) is 0 Å². The van der Waals surface area contributed by atoms with E-state index in [9.17, 15) is 4.79 Å². The monoisotopic (exact) mass is 239 g/mol. The summed E-state index contributed by atoms with van der Waals surface area (Å²) in [5, 5.41) is 0.247. The summed E-state index contributed by atoms with van der Waals surface area (Å²) in [5.41, 5.74) is 5.14. The molecule has 0 spiro atoms. The van der Waals surface area contributed by atoms with Gasteiger partial charge in [0.05, 0.1) is 5.33 Å². The molecule has 0 aromatic carbocycles. The van der Waals surface area contributed by atoms with Crippen LogP contribution in [0.5, 0.6) is 0 Å². The zero-order valence-corrected chi connectivity index (χ0v) is 8.89. The zero-order chi connectivity index (χ0) is 9.61. The van der Waals surface area contributed by atoms with Gasteiger partial charge < -0.3 is 15.2 Å². The summed E-state index contributed by atoms with van der Waals surface area (Å²) in [6.45, 7) is 4.32. The number of amides is 1. The molecule has 12 heavy (non-hydrogen) atoms. The van der Waals surface area contributed by atoms with Crippen LogP contribution in [-0.4, -0.2) is 30.2 Å². The number of rotatable bonds is 6. The van der Waals surface area contributed by atoms with Gasteiger partial charge in [0.15, 0.2) is 0 Å². The van der Waals surface area contributed by atoms with E-state index in [0.29, 0.717) is 13.2 Å². The van der Waals surface area contributed by atoms with Gasteiger partial charge in [-0.15, -0.1) is 0 Å². The predicted molar refractivity (Wildman–Crippen MR) is 49.0 cm³/mol. The highest BCUT2D eigenvalue weighted by Gasteiger charge is 2.37. The van der Waals surface area contributed by atoms with Crippen molar-refractivity contribution in [2.24, 2.45) is 5.73 Å². The van der Waals surface area contributed by atoms with Crippen LogP contribution in [0.3, 0.4) is 0 Å². The number of hydrogen-bond donors (Lipinski definition) is 1. The number of carbonyl (C=O) groups is 1. The Morgan fingerprint density at radius 1 is 1.42 bits per heavy atom. The Kier molecular flexibility index (Phi) is 5.44. The quantitative estimate of drug-likeness (QED) is 0.547. The average molecular weight is 240 g/mol. The van der Waals surface area contributed by atoms with E-state index in [1.807, 2.05) is 0 Å². The minimum absolute atomic E-state index is 0.247. The minimum atomic E-state index is -1.30. The molecule has 0 aromatic rings. The van der Waals surface area contributed by atoms with Crippen LogP contribution >= 0.6 is 15.9 Å². The van der Waals surface area contributed by atoms with Gasteiger partial charge in [-0.1, -0.05) is 15.9 Å². The number of primary amides is 1. The molecule has 0 aromatic heterocycles. The van der Waals surface area contributed by atoms with Gasteiger partial charge in [0.1, 0.15) is 0 Å². The minimum Gasteiger partial charge on any atom is -0.365 e. The van der Waals surface area contributed by atoms with Crippen molar-refractivity contribution in [3.8, 4) is 0 Å². The van der Waals surface area contributed by atoms with Crippen molar-refractivity contribution >= 4 is 21.8 Å². The van der Waals surface area contributed by atoms with Gasteiger partial charge >= 0.3 is 0 Å². The summed E-state index contributed by atoms with van der Waals surface area (Å²) in [4.78, 5) is 11.0. The topological polar surface area (TPSA) is 61.6 Å². The summed E-state index contributed by atoms with van der Waals surface area (Å²) in [6, 6.07) is 0. The normalized spacial score (nSPS) is 11.6. The van der Waals surface area contributed by atoms with Crippen molar-refractivity contribution in [1.82, 2.24) is 0 Å². The highest BCUT2D eigenvalue weighted by atomic mass is 79.9. The molecule has 1 amide bonds. The molecule has 2 N–H and O–H groups in total. The molecule has 0 bridgehead atoms. The third kappa shape index (κ3) is 2.73. The van der Waals surface area contributed by atoms with Crippen LogP contribution in [0.1, 0.15) is 13.8 Å². The maximum atomic E-state index is 11.0. The molecule has 0 aliphatic rings. The lowest BCUT2D eigenvalue weighted by Gasteiger charge is -2.27. The molecule has 0 aliphatic heterocycles. The van der Waals surface area contributed by atoms with Crippen LogP contribution < -0.4 is 5.73 Å². The van der Waals surface area contributed by atoms with Crippen LogP contribution in [-0.2, 0) is 14.3 Å². The number of carbonyl (C=O) groups excluding carboxylic acids is 1. The third-order valence-electron chi connectivity index (χ3n) is 1.31. The molecule has 72 valence electrons. The maximum Gasteiger partial charge on any atom is 0.278 e. The van der Waals surface area contributed by atoms with E-state index in [1.165, 1.54) is 0 Å². The molecule has 0 heterocycles. The highest BCUT2D eigenvalue weighted by molar-refractivity contribution is 9.09. The standard InChI is InChI=1S/C7H14BrNO3/c1-3-11-7(5-8,6(9)10)12-4-2/h3-5H2,1-2H3,(H2,9,10). The molecule has 0 fully saturated rings. The number of alkyl halides is 1. The van der Waals surface area contributed by atoms with Gasteiger partial charge in [0.2, 0.25) is 0 Å². The molecule has 5 heteroatoms. The molecular weight excluding hydrogens is 226 g/mol. The van der Waals surface area contributed by atoms with Gasteiger partial charge in [-0.25, -0.2) is 0 Å². The zero-order valence-electron chi connectivity index (χ0n) is 7.30. The molecular formula is C7H14BrNO3. The first-order valence-electron chi connectivity index (χ1n) is 3.76. The van der Waals surface area contributed by atoms with E-state index < -0.39 is 11.7 Å². The Hall–Kier alpha value is -0.130. The van der Waals surface area contributed by atoms with Crippen LogP contribution in [0.2, 0.25) is 0 Å². The first-order chi connectivity index (χ1) is 5.63. The Morgan fingerprint density at radius 2 is 1.83 bits per heavy atom. The lowest BCUT2D eigenvalue weighted by atomic mass is 10.3. The fraction of sp³-hybridized carbons (Fsp3) is 0.857. The summed E-state index contributed by atoms with van der Waals surface area (Å²) < 4.78 is 10.3. The van der Waals surface area contributed by atoms with E-state index >= 15 is 0 Å². The van der Waals surface area contributed by atoms with Crippen molar-refractivity contribution in [1.29, 1.82) is 0 Å². The largest absolute Gasteiger partial charge is 0.365 e. The lowest BCUT2D eigenvalue weighted by molar-refractivity contribution is -0.213. The van der Waals surface area contributed by atoms with E-state index in [-0.39, 0.29) is 5.33 Å². The Labute approximate surface area is 80.5 Å². The van der Waals surface area contributed by atoms with E-state index in [2.05, 4.69) is 15.9 Å². The van der Waals surface area contributed by atoms with Crippen LogP contribution in [0.15, 0.2) is 0 Å². The fourth-order valence-electron chi connectivity index (χ4n) is 0.793. The van der Waals surface area contributed by atoms with E-state index in [0.717, 1.165) is 0 Å². The van der Waals surface area contributed by atoms with Gasteiger partial charge in [0.25, 0.3) is 11.7 Å². The predicted octanol–water partition coefficient (Wildman–Crippen LogP) is 0.636. The number of hydrogen-bond acceptors (Lipinski definition) is 3. The molecule has 0 atom stereocenters. The van der Waals surface area contributed by atoms with Crippen molar-refractivity contribution < 1.29 is 14.3 Å². The Bertz CT molecular complexity index is 146. The van der Waals surface area contributed by atoms with Crippen LogP contribution in [0, 0.1) is 0 Å². The summed E-state index contributed by atoms with van der Waals surface area (Å²) >= 11 is 3.12. The van der Waals surface area contributed by atoms with Gasteiger partial charge in [0, 0.05) is 13.2 Å². The summed E-state index contributed by atoms with van der Waals surface area (Å²) in [6.07, 6.45) is 0. The van der Waals surface area contributed by atoms with Gasteiger partial charge in [-0.05, 0) is 13.8 Å². The van der Waals surface area contributed by atoms with E-state index in [4.69, 9.17) is 15.2 Å². The lowest BCUT2D eigenvalue weighted by Crippen LogP contribution is -2.50. The average Bonchev–Trinajstić information content (AvgIpc) is 2.03. The SMILES string of the molecule is CCOC(CBr)(OCC)C(N)=O. The van der Waals surface area contributed by atoms with Gasteiger partial charge in [-0.2, -0.15) is 0 Å². The Balaban J connectivity index is 4.39. The first kappa shape index (κ1) is 11.9. The summed E-state index contributed by atoms with van der Waals surface area (Å²) in [5.74, 6) is -1.91. The Morgan fingerprint density at radius 3 is 2.00 bits per heavy atom. The van der Waals surface area contributed by atoms with Crippen molar-refractivity contribution in [2.75, 3.05) is 18.5 Å². The number of halogens is 1. The molecule has 0 saturated heterocycles. The van der Waals surface area contributed by atoms with Crippen LogP contribution in [0.4, 0.5) is 0 Å². The second kappa shape index (κ2) is 5.50. The van der Waals surface area contributed by atoms with Crippen molar-refractivity contribution in [3.05, 3.63) is 0 Å². The second-order valence-electron chi connectivity index (χ2n) is 2.12. The smallest absolute Gasteiger partial charge is 0.278 e. The molecule has 0 aliphatic carbocycles. The summed E-state index contributed by atoms with van der Waals surface area (Å²) in [7, 11) is 0. The van der Waals surface area contributed by atoms with Crippen LogP contribution in [0.25, 0.3) is 0 Å². The number of nitrogens with two attached hydrogens (primary N) is 1. The second-order valence-corrected chi connectivity index (χ2v) is 2.68. The third-order valence-corrected chi connectivity index (χ3v) is 2.04. The highest BCUT2D eigenvalue weighted by Crippen LogP contribution is 2.15. The van der Waals surface area contributed by atoms with E-state index in [1.54, 1.807) is 13.8 Å². The molecule has 0 saturated carbocycles. The molecule has 0 unspecified atom stereocenters. The van der Waals surface area contributed by atoms with Crippen molar-refractivity contribution in [2.45, 2.75) is 19.6 Å². The maximum absolute atomic E-state index is 11.0. The first-order valence-corrected chi connectivity index (χ1v) is 4.88. The number of ether oxygens (including phenoxy) is 2.